The largest absolute Gasteiger partial charge is 0.332 e. The van der Waals surface area contributed by atoms with E-state index in [1.54, 1.807) is 44.7 Å². The number of hydrogen-bond acceptors (Lipinski definition) is 3. The molecule has 5 nitrogen and oxygen atoms in total. The van der Waals surface area contributed by atoms with Crippen LogP contribution >= 0.6 is 0 Å². The van der Waals surface area contributed by atoms with Gasteiger partial charge in [-0.05, 0) is 19.2 Å². The molecule has 5 heteroatoms. The SMILES string of the molecule is CNCC(=O)c1ccccc1-n1ccn(C)c1=O. The molecule has 1 N–H and O–H groups in total. The monoisotopic (exact) mass is 245 g/mol. The van der Waals surface area contributed by atoms with Gasteiger partial charge in [0.1, 0.15) is 0 Å². The molecule has 0 amide bonds. The van der Waals surface area contributed by atoms with Crippen LogP contribution in [0, 0.1) is 0 Å². The molecule has 0 fully saturated rings. The Balaban J connectivity index is 2.55. The number of rotatable bonds is 4. The molecule has 0 aliphatic carbocycles. The van der Waals surface area contributed by atoms with E-state index in [1.807, 2.05) is 6.07 Å². The lowest BCUT2D eigenvalue weighted by atomic mass is 10.1. The number of ketones is 1. The lowest BCUT2D eigenvalue weighted by molar-refractivity contribution is 0.0993. The van der Waals surface area contributed by atoms with Crippen LogP contribution in [0.1, 0.15) is 10.4 Å². The summed E-state index contributed by atoms with van der Waals surface area (Å²) < 4.78 is 2.95. The molecule has 2 aromatic rings. The number of Topliss-reactive ketones (excluding diaryl/α,β-unsaturated/α-hetero) is 1. The van der Waals surface area contributed by atoms with Crippen LogP contribution in [0.4, 0.5) is 0 Å². The normalized spacial score (nSPS) is 10.6. The lowest BCUT2D eigenvalue weighted by Gasteiger charge is -2.08. The van der Waals surface area contributed by atoms with Crippen molar-refractivity contribution in [2.24, 2.45) is 7.05 Å². The van der Waals surface area contributed by atoms with Crippen molar-refractivity contribution >= 4 is 5.78 Å². The first-order valence-corrected chi connectivity index (χ1v) is 5.66. The van der Waals surface area contributed by atoms with Gasteiger partial charge in [-0.2, -0.15) is 0 Å². The average Bonchev–Trinajstić information content (AvgIpc) is 2.70. The standard InChI is InChI=1S/C13H15N3O2/c1-14-9-12(17)10-5-3-4-6-11(10)16-8-7-15(2)13(16)18/h3-8,14H,9H2,1-2H3. The van der Waals surface area contributed by atoms with Crippen molar-refractivity contribution in [2.45, 2.75) is 0 Å². The van der Waals surface area contributed by atoms with Gasteiger partial charge < -0.3 is 9.88 Å². The number of aryl methyl sites for hydroxylation is 1. The molecule has 0 saturated carbocycles. The maximum Gasteiger partial charge on any atom is 0.332 e. The third-order valence-corrected chi connectivity index (χ3v) is 2.75. The molecule has 1 aromatic carbocycles. The van der Waals surface area contributed by atoms with E-state index in [1.165, 1.54) is 9.13 Å². The van der Waals surface area contributed by atoms with Crippen LogP contribution in [0.15, 0.2) is 41.5 Å². The summed E-state index contributed by atoms with van der Waals surface area (Å²) in [5, 5.41) is 2.82. The molecule has 0 bridgehead atoms. The molecule has 0 spiro atoms. The van der Waals surface area contributed by atoms with Crippen molar-refractivity contribution in [1.29, 1.82) is 0 Å². The third-order valence-electron chi connectivity index (χ3n) is 2.75. The van der Waals surface area contributed by atoms with Gasteiger partial charge >= 0.3 is 5.69 Å². The summed E-state index contributed by atoms with van der Waals surface area (Å²) >= 11 is 0. The average molecular weight is 245 g/mol. The Labute approximate surface area is 105 Å². The maximum absolute atomic E-state index is 12.0. The Kier molecular flexibility index (Phi) is 3.43. The van der Waals surface area contributed by atoms with Crippen molar-refractivity contribution in [2.75, 3.05) is 13.6 Å². The Bertz CT molecular complexity index is 625. The van der Waals surface area contributed by atoms with Gasteiger partial charge in [0.15, 0.2) is 5.78 Å². The summed E-state index contributed by atoms with van der Waals surface area (Å²) in [6, 6.07) is 7.10. The molecule has 94 valence electrons. The van der Waals surface area contributed by atoms with Crippen LogP contribution < -0.4 is 11.0 Å². The molecule has 1 heterocycles. The molecule has 0 aliphatic heterocycles. The van der Waals surface area contributed by atoms with E-state index in [0.29, 0.717) is 11.3 Å². The minimum Gasteiger partial charge on any atom is -0.313 e. The number of carbonyl (C=O) groups is 1. The van der Waals surface area contributed by atoms with Crippen LogP contribution in [0.25, 0.3) is 5.69 Å². The topological polar surface area (TPSA) is 56.0 Å². The van der Waals surface area contributed by atoms with E-state index < -0.39 is 0 Å². The second kappa shape index (κ2) is 5.01. The molecular formula is C13H15N3O2. The zero-order valence-electron chi connectivity index (χ0n) is 10.4. The first-order chi connectivity index (χ1) is 8.65. The molecule has 1 aromatic heterocycles. The number of nitrogens with one attached hydrogen (secondary N) is 1. The van der Waals surface area contributed by atoms with E-state index >= 15 is 0 Å². The van der Waals surface area contributed by atoms with E-state index in [-0.39, 0.29) is 18.0 Å². The van der Waals surface area contributed by atoms with Crippen molar-refractivity contribution in [3.63, 3.8) is 0 Å². The Morgan fingerprint density at radius 2 is 2.00 bits per heavy atom. The highest BCUT2D eigenvalue weighted by atomic mass is 16.1. The molecule has 0 unspecified atom stereocenters. The maximum atomic E-state index is 12.0. The van der Waals surface area contributed by atoms with Gasteiger partial charge in [-0.1, -0.05) is 12.1 Å². The van der Waals surface area contributed by atoms with Gasteiger partial charge in [-0.3, -0.25) is 9.36 Å². The molecule has 0 aliphatic rings. The highest BCUT2D eigenvalue weighted by Gasteiger charge is 2.13. The van der Waals surface area contributed by atoms with Crippen LogP contribution in [-0.2, 0) is 7.05 Å². The van der Waals surface area contributed by atoms with Crippen molar-refractivity contribution < 1.29 is 4.79 Å². The summed E-state index contributed by atoms with van der Waals surface area (Å²) in [4.78, 5) is 23.9. The summed E-state index contributed by atoms with van der Waals surface area (Å²) in [5.74, 6) is -0.0381. The predicted molar refractivity (Wildman–Crippen MR) is 69.3 cm³/mol. The number of nitrogens with zero attached hydrogens (tertiary/aromatic N) is 2. The van der Waals surface area contributed by atoms with Crippen LogP contribution in [0.2, 0.25) is 0 Å². The quantitative estimate of drug-likeness (QED) is 0.802. The van der Waals surface area contributed by atoms with Crippen LogP contribution in [-0.4, -0.2) is 28.5 Å². The Morgan fingerprint density at radius 1 is 1.28 bits per heavy atom. The summed E-state index contributed by atoms with van der Waals surface area (Å²) in [7, 11) is 3.39. The van der Waals surface area contributed by atoms with E-state index in [0.717, 1.165) is 0 Å². The first-order valence-electron chi connectivity index (χ1n) is 5.66. The molecule has 0 saturated heterocycles. The van der Waals surface area contributed by atoms with Crippen molar-refractivity contribution in [1.82, 2.24) is 14.5 Å². The van der Waals surface area contributed by atoms with Gasteiger partial charge in [0.25, 0.3) is 0 Å². The molecule has 0 atom stereocenters. The number of aromatic nitrogens is 2. The van der Waals surface area contributed by atoms with E-state index in [9.17, 15) is 9.59 Å². The Hall–Kier alpha value is -2.14. The van der Waals surface area contributed by atoms with Gasteiger partial charge in [0.05, 0.1) is 12.2 Å². The van der Waals surface area contributed by atoms with E-state index in [2.05, 4.69) is 5.32 Å². The predicted octanol–water partition coefficient (Wildman–Crippen LogP) is 0.578. The number of likely N-dealkylation sites (N-methyl/N-ethyl adjacent to an activating group) is 1. The fourth-order valence-electron chi connectivity index (χ4n) is 1.82. The van der Waals surface area contributed by atoms with Gasteiger partial charge in [-0.25, -0.2) is 4.79 Å². The summed E-state index contributed by atoms with van der Waals surface area (Å²) in [6.07, 6.45) is 3.33. The first kappa shape index (κ1) is 12.3. The highest BCUT2D eigenvalue weighted by molar-refractivity contribution is 6.00. The fraction of sp³-hybridized carbons (Fsp3) is 0.231. The number of hydrogen-bond donors (Lipinski definition) is 1. The number of carbonyl (C=O) groups excluding carboxylic acids is 1. The van der Waals surface area contributed by atoms with Crippen molar-refractivity contribution in [3.8, 4) is 5.69 Å². The minimum absolute atomic E-state index is 0.0381. The van der Waals surface area contributed by atoms with Crippen LogP contribution in [0.5, 0.6) is 0 Å². The summed E-state index contributed by atoms with van der Waals surface area (Å²) in [5.41, 5.74) is 0.989. The second-order valence-corrected chi connectivity index (χ2v) is 4.03. The van der Waals surface area contributed by atoms with Crippen molar-refractivity contribution in [3.05, 3.63) is 52.7 Å². The molecule has 2 rings (SSSR count). The van der Waals surface area contributed by atoms with Gasteiger partial charge in [0.2, 0.25) is 0 Å². The number of benzene rings is 1. The zero-order valence-corrected chi connectivity index (χ0v) is 10.4. The lowest BCUT2D eigenvalue weighted by Crippen LogP contribution is -2.24. The van der Waals surface area contributed by atoms with E-state index in [4.69, 9.17) is 0 Å². The van der Waals surface area contributed by atoms with Gasteiger partial charge in [0, 0.05) is 25.0 Å². The van der Waals surface area contributed by atoms with Gasteiger partial charge in [-0.15, -0.1) is 0 Å². The summed E-state index contributed by atoms with van der Waals surface area (Å²) in [6.45, 7) is 0.249. The molecule has 0 radical (unpaired) electrons. The minimum atomic E-state index is -0.167. The van der Waals surface area contributed by atoms with Crippen LogP contribution in [0.3, 0.4) is 0 Å². The third kappa shape index (κ3) is 2.12. The Morgan fingerprint density at radius 3 is 2.61 bits per heavy atom. The highest BCUT2D eigenvalue weighted by Crippen LogP contribution is 2.13. The smallest absolute Gasteiger partial charge is 0.313 e. The number of para-hydroxylation sites is 1. The fourth-order valence-corrected chi connectivity index (χ4v) is 1.82. The molecule has 18 heavy (non-hydrogen) atoms. The number of imidazole rings is 1. The zero-order chi connectivity index (χ0) is 13.1. The second-order valence-electron chi connectivity index (χ2n) is 4.03. The molecular weight excluding hydrogens is 230 g/mol.